The van der Waals surface area contributed by atoms with E-state index < -0.39 is 72.1 Å². The minimum atomic E-state index is -1.34. The number of esters is 4. The summed E-state index contributed by atoms with van der Waals surface area (Å²) in [4.78, 5) is 61.5. The SMILES string of the molecule is C=C(C)[C@@H]1CC[C@]2(C(=O)O)CC[C@]3(C)[C@H](CC[C@@H]4[C@@]5(C)C[C@@H](Cc6cn(CCO[C@@H]7O[C@H](COC(C)=O)[C@H](OC(C)=O)[C@H](OC(C)=O)[C@H]7OC(C)=O)nn6)[C@H](O)C(C)(C)[C@@H]5CC[C@]43C)[C@@H]12. The van der Waals surface area contributed by atoms with Crippen LogP contribution in [0.5, 0.6) is 0 Å². The molecule has 2 heterocycles. The van der Waals surface area contributed by atoms with Crippen LogP contribution < -0.4 is 0 Å². The van der Waals surface area contributed by atoms with Gasteiger partial charge in [-0.2, -0.15) is 0 Å². The second kappa shape index (κ2) is 18.0. The molecule has 0 radical (unpaired) electrons. The minimum absolute atomic E-state index is 0.0106. The summed E-state index contributed by atoms with van der Waals surface area (Å²) in [7, 11) is 0. The van der Waals surface area contributed by atoms with Gasteiger partial charge in [0.05, 0.1) is 30.4 Å². The number of nitrogens with zero attached hydrogens (tertiary/aromatic N) is 3. The van der Waals surface area contributed by atoms with Gasteiger partial charge in [0, 0.05) is 33.9 Å². The van der Waals surface area contributed by atoms with Gasteiger partial charge in [-0.25, -0.2) is 4.68 Å². The highest BCUT2D eigenvalue weighted by Crippen LogP contribution is 2.78. The number of aromatic nitrogens is 3. The van der Waals surface area contributed by atoms with E-state index in [0.29, 0.717) is 24.2 Å². The number of aliphatic hydroxyl groups is 1. The van der Waals surface area contributed by atoms with E-state index in [1.165, 1.54) is 13.8 Å². The summed E-state index contributed by atoms with van der Waals surface area (Å²) in [5.41, 5.74) is 0.776. The molecular weight excluding hydrogens is 839 g/mol. The van der Waals surface area contributed by atoms with Crippen molar-refractivity contribution >= 4 is 29.8 Å². The topological polar surface area (TPSA) is 212 Å². The maximum atomic E-state index is 13.2. The average Bonchev–Trinajstić information content (AvgIpc) is 3.83. The second-order valence-corrected chi connectivity index (χ2v) is 22.0. The van der Waals surface area contributed by atoms with Crippen molar-refractivity contribution in [1.82, 2.24) is 15.0 Å². The smallest absolute Gasteiger partial charge is 0.309 e. The number of fused-ring (bicyclic) bond motifs is 7. The van der Waals surface area contributed by atoms with Gasteiger partial charge in [0.2, 0.25) is 0 Å². The van der Waals surface area contributed by atoms with Crippen molar-refractivity contribution < 1.29 is 62.6 Å². The quantitative estimate of drug-likeness (QED) is 0.127. The summed E-state index contributed by atoms with van der Waals surface area (Å²) in [5.74, 6) is -2.09. The van der Waals surface area contributed by atoms with Crippen LogP contribution in [0.4, 0.5) is 0 Å². The Labute approximate surface area is 383 Å². The molecule has 5 saturated carbocycles. The van der Waals surface area contributed by atoms with Gasteiger partial charge in [0.15, 0.2) is 24.6 Å². The van der Waals surface area contributed by atoms with Crippen molar-refractivity contribution in [2.24, 2.45) is 62.6 Å². The molecule has 0 amide bonds. The van der Waals surface area contributed by atoms with Crippen molar-refractivity contribution in [3.05, 3.63) is 24.0 Å². The lowest BCUT2D eigenvalue weighted by Gasteiger charge is -2.73. The fourth-order valence-corrected chi connectivity index (χ4v) is 15.5. The predicted octanol–water partition coefficient (Wildman–Crippen LogP) is 6.25. The van der Waals surface area contributed by atoms with Gasteiger partial charge in [0.1, 0.15) is 12.7 Å². The van der Waals surface area contributed by atoms with E-state index in [2.05, 4.69) is 58.4 Å². The summed E-state index contributed by atoms with van der Waals surface area (Å²) in [6.45, 7) is 23.0. The molecular formula is C49H73N3O13. The van der Waals surface area contributed by atoms with E-state index >= 15 is 0 Å². The van der Waals surface area contributed by atoms with E-state index in [9.17, 15) is 34.2 Å². The number of carboxylic acids is 1. The normalized spacial score (nSPS) is 41.6. The Balaban J connectivity index is 1.07. The first-order chi connectivity index (χ1) is 30.4. The molecule has 16 heteroatoms. The Morgan fingerprint density at radius 1 is 0.815 bits per heavy atom. The van der Waals surface area contributed by atoms with Gasteiger partial charge in [-0.05, 0) is 128 Å². The van der Waals surface area contributed by atoms with E-state index in [-0.39, 0.29) is 59.2 Å². The highest BCUT2D eigenvalue weighted by atomic mass is 16.7. The van der Waals surface area contributed by atoms with Crippen LogP contribution in [0.25, 0.3) is 0 Å². The van der Waals surface area contributed by atoms with Crippen LogP contribution in [0.15, 0.2) is 18.3 Å². The van der Waals surface area contributed by atoms with Crippen LogP contribution in [-0.4, -0.2) is 105 Å². The monoisotopic (exact) mass is 912 g/mol. The molecule has 6 fully saturated rings. The van der Waals surface area contributed by atoms with Gasteiger partial charge in [-0.15, -0.1) is 5.10 Å². The number of hydrogen-bond donors (Lipinski definition) is 2. The van der Waals surface area contributed by atoms with Gasteiger partial charge in [-0.1, -0.05) is 52.0 Å². The predicted molar refractivity (Wildman–Crippen MR) is 233 cm³/mol. The fraction of sp³-hybridized carbons (Fsp3) is 0.816. The number of ether oxygens (including phenoxy) is 6. The third kappa shape index (κ3) is 8.55. The Hall–Kier alpha value is -3.89. The van der Waals surface area contributed by atoms with E-state index in [1.807, 2.05) is 6.20 Å². The summed E-state index contributed by atoms with van der Waals surface area (Å²) in [6, 6.07) is 0. The second-order valence-electron chi connectivity index (χ2n) is 22.0. The van der Waals surface area contributed by atoms with Crippen LogP contribution in [0, 0.1) is 62.6 Å². The van der Waals surface area contributed by atoms with Crippen molar-refractivity contribution in [3.63, 3.8) is 0 Å². The average molecular weight is 912 g/mol. The number of allylic oxidation sites excluding steroid dienone is 1. The number of carbonyl (C=O) groups is 5. The maximum absolute atomic E-state index is 13.2. The molecule has 5 aliphatic carbocycles. The molecule has 16 nitrogen and oxygen atoms in total. The zero-order valence-corrected chi connectivity index (χ0v) is 40.1. The van der Waals surface area contributed by atoms with Crippen LogP contribution in [-0.2, 0) is 65.4 Å². The van der Waals surface area contributed by atoms with Gasteiger partial charge >= 0.3 is 29.8 Å². The molecule has 1 aromatic heterocycles. The zero-order chi connectivity index (χ0) is 47.6. The van der Waals surface area contributed by atoms with Crippen molar-refractivity contribution in [2.45, 2.75) is 177 Å². The van der Waals surface area contributed by atoms with Gasteiger partial charge in [-0.3, -0.25) is 24.0 Å². The van der Waals surface area contributed by atoms with E-state index in [4.69, 9.17) is 28.4 Å². The molecule has 1 saturated heterocycles. The number of hydrogen-bond acceptors (Lipinski definition) is 14. The van der Waals surface area contributed by atoms with Crippen LogP contribution in [0.1, 0.15) is 133 Å². The highest BCUT2D eigenvalue weighted by Gasteiger charge is 2.72. The first-order valence-electron chi connectivity index (χ1n) is 23.8. The molecule has 7 rings (SSSR count). The van der Waals surface area contributed by atoms with Crippen LogP contribution in [0.2, 0.25) is 0 Å². The summed E-state index contributed by atoms with van der Waals surface area (Å²) >= 11 is 0. The maximum Gasteiger partial charge on any atom is 0.309 e. The highest BCUT2D eigenvalue weighted by molar-refractivity contribution is 5.76. The van der Waals surface area contributed by atoms with Crippen LogP contribution >= 0.6 is 0 Å². The van der Waals surface area contributed by atoms with Crippen molar-refractivity contribution in [1.29, 1.82) is 0 Å². The molecule has 0 spiro atoms. The number of rotatable bonds is 13. The minimum Gasteiger partial charge on any atom is -0.481 e. The fourth-order valence-electron chi connectivity index (χ4n) is 15.5. The summed E-state index contributed by atoms with van der Waals surface area (Å²) in [5, 5.41) is 32.0. The van der Waals surface area contributed by atoms with Gasteiger partial charge < -0.3 is 38.6 Å². The van der Waals surface area contributed by atoms with Crippen molar-refractivity contribution in [2.75, 3.05) is 13.2 Å². The van der Waals surface area contributed by atoms with E-state index in [0.717, 1.165) is 82.9 Å². The third-order valence-corrected chi connectivity index (χ3v) is 18.2. The largest absolute Gasteiger partial charge is 0.481 e. The lowest BCUT2D eigenvalue weighted by molar-refractivity contribution is -0.308. The first-order valence-corrected chi connectivity index (χ1v) is 23.8. The van der Waals surface area contributed by atoms with Crippen molar-refractivity contribution in [3.8, 4) is 0 Å². The molecule has 16 atom stereocenters. The number of carboxylic acid groups (broad SMARTS) is 1. The molecule has 1 aromatic rings. The van der Waals surface area contributed by atoms with Crippen LogP contribution in [0.3, 0.4) is 0 Å². The Morgan fingerprint density at radius 2 is 1.48 bits per heavy atom. The molecule has 1 aliphatic heterocycles. The molecule has 0 bridgehead atoms. The molecule has 362 valence electrons. The lowest BCUT2D eigenvalue weighted by atomic mass is 9.31. The molecule has 65 heavy (non-hydrogen) atoms. The summed E-state index contributed by atoms with van der Waals surface area (Å²) in [6.07, 6.45) is 3.71. The molecule has 6 aliphatic rings. The zero-order valence-electron chi connectivity index (χ0n) is 40.1. The standard InChI is InChI=1S/C49H73N3O13/c1-26(2)33-14-17-49(44(58)59)19-18-47(10)34(38(33)49)12-13-37-46(9)23-31(42(57)45(7,8)36(46)15-16-48(37,47)11)22-32-24-52(51-50-32)20-21-60-43-41(64-30(6)56)40(63-29(5)55)39(62-28(4)54)35(65-43)25-61-27(3)53/h24,31,33-43,57H,1,12-23,25H2,2-11H3,(H,58,59)/t31-,33+,34-,35-,36+,37-,38-,39+,40+,41-,42+,43-,46+,47-,48-,49+/m1/s1. The number of aliphatic carboxylic acids is 1. The first kappa shape index (κ1) is 49.0. The third-order valence-electron chi connectivity index (χ3n) is 18.2. The van der Waals surface area contributed by atoms with E-state index in [1.54, 1.807) is 4.68 Å². The lowest BCUT2D eigenvalue weighted by Crippen LogP contribution is -2.68. The van der Waals surface area contributed by atoms with Gasteiger partial charge in [0.25, 0.3) is 0 Å². The Morgan fingerprint density at radius 3 is 2.11 bits per heavy atom. The molecule has 0 aromatic carbocycles. The summed E-state index contributed by atoms with van der Waals surface area (Å²) < 4.78 is 35.5. The molecule has 2 N–H and O–H groups in total. The molecule has 0 unspecified atom stereocenters. The Bertz CT molecular complexity index is 2020. The number of carbonyl (C=O) groups excluding carboxylic acids is 4. The number of aliphatic hydroxyl groups excluding tert-OH is 1. The Kier molecular flexibility index (Phi) is 13.6.